The van der Waals surface area contributed by atoms with Crippen LogP contribution < -0.4 is 0 Å². The van der Waals surface area contributed by atoms with Gasteiger partial charge >= 0.3 is 0 Å². The second-order valence-corrected chi connectivity index (χ2v) is 2.80. The molecule has 0 aromatic heterocycles. The summed E-state index contributed by atoms with van der Waals surface area (Å²) in [4.78, 5) is 0. The molecule has 0 heterocycles. The highest BCUT2D eigenvalue weighted by molar-refractivity contribution is 5.56. The Labute approximate surface area is 61.7 Å². The van der Waals surface area contributed by atoms with E-state index >= 15 is 0 Å². The fourth-order valence-electron chi connectivity index (χ4n) is 0.572. The zero-order chi connectivity index (χ0) is 8.04. The van der Waals surface area contributed by atoms with Crippen LogP contribution >= 0.6 is 0 Å². The van der Waals surface area contributed by atoms with Gasteiger partial charge in [0.2, 0.25) is 0 Å². The van der Waals surface area contributed by atoms with Gasteiger partial charge in [0, 0.05) is 13.3 Å². The van der Waals surface area contributed by atoms with Crippen LogP contribution in [0.2, 0.25) is 0 Å². The average Bonchev–Trinajstić information content (AvgIpc) is 1.89. The Morgan fingerprint density at radius 1 is 1.60 bits per heavy atom. The number of hydrogen-bond acceptors (Lipinski definition) is 3. The third-order valence-electron chi connectivity index (χ3n) is 1.51. The lowest BCUT2D eigenvalue weighted by molar-refractivity contribution is 0.0173. The Bertz CT molecular complexity index is 110. The van der Waals surface area contributed by atoms with Crippen molar-refractivity contribution in [3.8, 4) is 0 Å². The Kier molecular flexibility index (Phi) is 4.03. The van der Waals surface area contributed by atoms with Crippen molar-refractivity contribution in [1.29, 1.82) is 0 Å². The Balaban J connectivity index is 3.46. The van der Waals surface area contributed by atoms with Crippen LogP contribution in [0.1, 0.15) is 26.7 Å². The maximum atomic E-state index is 8.06. The molecule has 0 radical (unpaired) electrons. The van der Waals surface area contributed by atoms with Crippen molar-refractivity contribution in [2.75, 3.05) is 7.11 Å². The number of oxime groups is 1. The van der Waals surface area contributed by atoms with Crippen LogP contribution in [0.5, 0.6) is 0 Å². The fourth-order valence-corrected chi connectivity index (χ4v) is 0.572. The van der Waals surface area contributed by atoms with Gasteiger partial charge in [-0.1, -0.05) is 0 Å². The van der Waals surface area contributed by atoms with Gasteiger partial charge < -0.3 is 9.94 Å². The summed E-state index contributed by atoms with van der Waals surface area (Å²) in [6.45, 7) is 4.00. The molecule has 0 aromatic carbocycles. The molecule has 0 amide bonds. The summed E-state index contributed by atoms with van der Waals surface area (Å²) in [5, 5.41) is 11.0. The maximum absolute atomic E-state index is 8.06. The van der Waals surface area contributed by atoms with Gasteiger partial charge in [0.15, 0.2) is 0 Å². The molecule has 0 spiro atoms. The summed E-state index contributed by atoms with van der Waals surface area (Å²) < 4.78 is 5.14. The highest BCUT2D eigenvalue weighted by Gasteiger charge is 2.14. The van der Waals surface area contributed by atoms with Crippen molar-refractivity contribution in [3.05, 3.63) is 0 Å². The number of nitrogens with zero attached hydrogens (tertiary/aromatic N) is 1. The smallest absolute Gasteiger partial charge is 0.0626 e. The molecule has 1 N–H and O–H groups in total. The van der Waals surface area contributed by atoms with Crippen molar-refractivity contribution in [2.24, 2.45) is 5.16 Å². The molecule has 3 nitrogen and oxygen atoms in total. The molecule has 0 saturated heterocycles. The number of methoxy groups -OCH3 is 1. The molecule has 60 valence electrons. The van der Waals surface area contributed by atoms with E-state index in [2.05, 4.69) is 5.16 Å². The van der Waals surface area contributed by atoms with Gasteiger partial charge in [-0.3, -0.25) is 0 Å². The van der Waals surface area contributed by atoms with E-state index in [1.165, 1.54) is 6.21 Å². The number of ether oxygens (including phenoxy) is 1. The highest BCUT2D eigenvalue weighted by Crippen LogP contribution is 2.13. The molecular weight excluding hydrogens is 130 g/mol. The van der Waals surface area contributed by atoms with E-state index in [0.29, 0.717) is 0 Å². The lowest BCUT2D eigenvalue weighted by Gasteiger charge is -2.21. The first-order chi connectivity index (χ1) is 4.62. The summed E-state index contributed by atoms with van der Waals surface area (Å²) >= 11 is 0. The molecule has 0 saturated carbocycles. The third-order valence-corrected chi connectivity index (χ3v) is 1.51. The summed E-state index contributed by atoms with van der Waals surface area (Å²) in [5.74, 6) is 0. The van der Waals surface area contributed by atoms with Crippen LogP contribution in [0, 0.1) is 0 Å². The molecular formula is C7H15NO2. The Morgan fingerprint density at radius 2 is 2.20 bits per heavy atom. The second-order valence-electron chi connectivity index (χ2n) is 2.80. The first kappa shape index (κ1) is 9.43. The predicted molar refractivity (Wildman–Crippen MR) is 40.6 cm³/mol. The molecule has 0 aliphatic heterocycles. The molecule has 3 heteroatoms. The first-order valence-corrected chi connectivity index (χ1v) is 3.33. The van der Waals surface area contributed by atoms with E-state index in [1.807, 2.05) is 13.8 Å². The van der Waals surface area contributed by atoms with E-state index < -0.39 is 0 Å². The van der Waals surface area contributed by atoms with Gasteiger partial charge in [-0.05, 0) is 26.7 Å². The lowest BCUT2D eigenvalue weighted by atomic mass is 10.0. The van der Waals surface area contributed by atoms with E-state index in [1.54, 1.807) is 7.11 Å². The van der Waals surface area contributed by atoms with Crippen LogP contribution in [0.15, 0.2) is 5.16 Å². The molecule has 0 rings (SSSR count). The molecule has 0 fully saturated rings. The SMILES string of the molecule is COC(C)(C)CCC=NO. The molecule has 0 atom stereocenters. The Hall–Kier alpha value is -0.570. The molecule has 0 aliphatic carbocycles. The topological polar surface area (TPSA) is 41.8 Å². The normalized spacial score (nSPS) is 12.7. The van der Waals surface area contributed by atoms with Crippen molar-refractivity contribution in [2.45, 2.75) is 32.3 Å². The van der Waals surface area contributed by atoms with E-state index in [0.717, 1.165) is 12.8 Å². The zero-order valence-corrected chi connectivity index (χ0v) is 6.79. The van der Waals surface area contributed by atoms with Crippen molar-refractivity contribution in [3.63, 3.8) is 0 Å². The minimum atomic E-state index is -0.110. The van der Waals surface area contributed by atoms with E-state index in [4.69, 9.17) is 9.94 Å². The van der Waals surface area contributed by atoms with Gasteiger partial charge in [0.1, 0.15) is 0 Å². The minimum absolute atomic E-state index is 0.110. The van der Waals surface area contributed by atoms with Crippen molar-refractivity contribution in [1.82, 2.24) is 0 Å². The van der Waals surface area contributed by atoms with Crippen LogP contribution in [-0.4, -0.2) is 24.1 Å². The summed E-state index contributed by atoms with van der Waals surface area (Å²) in [7, 11) is 1.68. The fraction of sp³-hybridized carbons (Fsp3) is 0.857. The standard InChI is InChI=1S/C7H15NO2/c1-7(2,10-3)5-4-6-8-9/h6,9H,4-5H2,1-3H3. The molecule has 0 aromatic rings. The number of rotatable bonds is 4. The van der Waals surface area contributed by atoms with Crippen molar-refractivity contribution >= 4 is 6.21 Å². The molecule has 0 unspecified atom stereocenters. The van der Waals surface area contributed by atoms with Crippen LogP contribution in [-0.2, 0) is 4.74 Å². The third kappa shape index (κ3) is 4.32. The van der Waals surface area contributed by atoms with E-state index in [-0.39, 0.29) is 5.60 Å². The van der Waals surface area contributed by atoms with E-state index in [9.17, 15) is 0 Å². The summed E-state index contributed by atoms with van der Waals surface area (Å²) in [5.41, 5.74) is -0.110. The van der Waals surface area contributed by atoms with Gasteiger partial charge in [0.25, 0.3) is 0 Å². The number of hydrogen-bond donors (Lipinski definition) is 1. The lowest BCUT2D eigenvalue weighted by Crippen LogP contribution is -2.21. The van der Waals surface area contributed by atoms with Crippen molar-refractivity contribution < 1.29 is 9.94 Å². The zero-order valence-electron chi connectivity index (χ0n) is 6.79. The van der Waals surface area contributed by atoms with Gasteiger partial charge in [-0.15, -0.1) is 5.16 Å². The summed E-state index contributed by atoms with van der Waals surface area (Å²) in [6, 6.07) is 0. The van der Waals surface area contributed by atoms with Gasteiger partial charge in [-0.2, -0.15) is 0 Å². The van der Waals surface area contributed by atoms with Gasteiger partial charge in [0.05, 0.1) is 5.60 Å². The quantitative estimate of drug-likeness (QED) is 0.371. The highest BCUT2D eigenvalue weighted by atomic mass is 16.5. The summed E-state index contributed by atoms with van der Waals surface area (Å²) in [6.07, 6.45) is 3.09. The molecule has 0 bridgehead atoms. The minimum Gasteiger partial charge on any atom is -0.411 e. The predicted octanol–water partition coefficient (Wildman–Crippen LogP) is 1.65. The first-order valence-electron chi connectivity index (χ1n) is 3.33. The monoisotopic (exact) mass is 145 g/mol. The molecule has 10 heavy (non-hydrogen) atoms. The average molecular weight is 145 g/mol. The van der Waals surface area contributed by atoms with Crippen LogP contribution in [0.3, 0.4) is 0 Å². The second kappa shape index (κ2) is 4.28. The van der Waals surface area contributed by atoms with Crippen LogP contribution in [0.4, 0.5) is 0 Å². The Morgan fingerprint density at radius 3 is 2.60 bits per heavy atom. The van der Waals surface area contributed by atoms with Gasteiger partial charge in [-0.25, -0.2) is 0 Å². The largest absolute Gasteiger partial charge is 0.411 e. The molecule has 0 aliphatic rings. The van der Waals surface area contributed by atoms with Crippen LogP contribution in [0.25, 0.3) is 0 Å². The maximum Gasteiger partial charge on any atom is 0.0626 e.